The molecule has 5 heteroatoms. The zero-order chi connectivity index (χ0) is 11.5. The topological polar surface area (TPSA) is 42.2 Å². The second kappa shape index (κ2) is 4.65. The third kappa shape index (κ3) is 2.35. The van der Waals surface area contributed by atoms with E-state index in [-0.39, 0.29) is 0 Å². The number of fused-ring (bicyclic) bond motifs is 1. The van der Waals surface area contributed by atoms with E-state index in [9.17, 15) is 0 Å². The molecule has 0 saturated carbocycles. The van der Waals surface area contributed by atoms with E-state index >= 15 is 0 Å². The number of aromatic nitrogens is 3. The Labute approximate surface area is 103 Å². The predicted molar refractivity (Wildman–Crippen MR) is 67.8 cm³/mol. The molecule has 0 bridgehead atoms. The summed E-state index contributed by atoms with van der Waals surface area (Å²) in [7, 11) is 0. The molecule has 0 spiro atoms. The second-order valence-electron chi connectivity index (χ2n) is 3.73. The van der Waals surface area contributed by atoms with Gasteiger partial charge in [0.25, 0.3) is 0 Å². The summed E-state index contributed by atoms with van der Waals surface area (Å²) >= 11 is 1.66. The monoisotopic (exact) mass is 244 g/mol. The van der Waals surface area contributed by atoms with Crippen molar-refractivity contribution in [3.05, 3.63) is 52.9 Å². The molecule has 3 rings (SSSR count). The number of imidazole rings is 1. The zero-order valence-corrected chi connectivity index (χ0v) is 10.0. The molecule has 0 unspecified atom stereocenters. The molecule has 0 aromatic carbocycles. The van der Waals surface area contributed by atoms with E-state index in [2.05, 4.69) is 15.3 Å². The van der Waals surface area contributed by atoms with Crippen LogP contribution in [0.15, 0.2) is 42.2 Å². The summed E-state index contributed by atoms with van der Waals surface area (Å²) in [6.07, 6.45) is 5.88. The average Bonchev–Trinajstić information content (AvgIpc) is 2.96. The van der Waals surface area contributed by atoms with E-state index in [0.717, 1.165) is 29.4 Å². The fourth-order valence-corrected chi connectivity index (χ4v) is 2.30. The van der Waals surface area contributed by atoms with Crippen LogP contribution in [0, 0.1) is 0 Å². The summed E-state index contributed by atoms with van der Waals surface area (Å²) in [6, 6.07) is 6.00. The van der Waals surface area contributed by atoms with Crippen LogP contribution in [-0.4, -0.2) is 14.4 Å². The molecule has 0 radical (unpaired) electrons. The SMILES string of the molecule is c1ccn2cc(CNCc3nccs3)nc2c1. The summed E-state index contributed by atoms with van der Waals surface area (Å²) < 4.78 is 2.03. The Hall–Kier alpha value is -1.72. The van der Waals surface area contributed by atoms with Gasteiger partial charge in [-0.3, -0.25) is 0 Å². The molecule has 86 valence electrons. The average molecular weight is 244 g/mol. The maximum absolute atomic E-state index is 4.52. The van der Waals surface area contributed by atoms with Gasteiger partial charge in [0.15, 0.2) is 0 Å². The molecule has 4 nitrogen and oxygen atoms in total. The Balaban J connectivity index is 1.65. The standard InChI is InChI=1S/C12H12N4S/c1-2-5-16-9-10(15-11(16)3-1)7-13-8-12-14-4-6-17-12/h1-6,9,13H,7-8H2. The lowest BCUT2D eigenvalue weighted by Crippen LogP contribution is -2.12. The van der Waals surface area contributed by atoms with Gasteiger partial charge in [0, 0.05) is 37.1 Å². The Bertz CT molecular complexity index is 567. The molecule has 3 aromatic heterocycles. The highest BCUT2D eigenvalue weighted by Crippen LogP contribution is 2.06. The van der Waals surface area contributed by atoms with Crippen LogP contribution >= 0.6 is 11.3 Å². The normalized spacial score (nSPS) is 11.1. The van der Waals surface area contributed by atoms with Crippen molar-refractivity contribution >= 4 is 17.0 Å². The molecule has 0 aliphatic rings. The number of rotatable bonds is 4. The molecule has 0 saturated heterocycles. The molecule has 3 heterocycles. The van der Waals surface area contributed by atoms with Crippen LogP contribution in [-0.2, 0) is 13.1 Å². The maximum atomic E-state index is 4.52. The lowest BCUT2D eigenvalue weighted by atomic mass is 10.4. The van der Waals surface area contributed by atoms with E-state index in [1.165, 1.54) is 0 Å². The lowest BCUT2D eigenvalue weighted by Gasteiger charge is -1.98. The molecule has 0 atom stereocenters. The molecule has 3 aromatic rings. The summed E-state index contributed by atoms with van der Waals surface area (Å²) in [5.41, 5.74) is 2.03. The third-order valence-electron chi connectivity index (χ3n) is 2.48. The minimum atomic E-state index is 0.765. The quantitative estimate of drug-likeness (QED) is 0.764. The number of thiazole rings is 1. The Morgan fingerprint density at radius 2 is 2.29 bits per heavy atom. The number of hydrogen-bond donors (Lipinski definition) is 1. The van der Waals surface area contributed by atoms with Crippen molar-refractivity contribution in [2.24, 2.45) is 0 Å². The van der Waals surface area contributed by atoms with Crippen molar-refractivity contribution < 1.29 is 0 Å². The van der Waals surface area contributed by atoms with Crippen molar-refractivity contribution in [3.8, 4) is 0 Å². The first kappa shape index (κ1) is 10.4. The van der Waals surface area contributed by atoms with Gasteiger partial charge in [-0.25, -0.2) is 9.97 Å². The van der Waals surface area contributed by atoms with Gasteiger partial charge >= 0.3 is 0 Å². The molecule has 0 amide bonds. The fourth-order valence-electron chi connectivity index (χ4n) is 1.71. The summed E-state index contributed by atoms with van der Waals surface area (Å²) in [5, 5.41) is 6.43. The number of pyridine rings is 1. The second-order valence-corrected chi connectivity index (χ2v) is 4.71. The molecule has 1 N–H and O–H groups in total. The van der Waals surface area contributed by atoms with Crippen molar-refractivity contribution in [3.63, 3.8) is 0 Å². The van der Waals surface area contributed by atoms with E-state index in [4.69, 9.17) is 0 Å². The van der Waals surface area contributed by atoms with Gasteiger partial charge in [0.1, 0.15) is 10.7 Å². The predicted octanol–water partition coefficient (Wildman–Crippen LogP) is 2.08. The highest BCUT2D eigenvalue weighted by atomic mass is 32.1. The number of nitrogens with one attached hydrogen (secondary N) is 1. The van der Waals surface area contributed by atoms with E-state index < -0.39 is 0 Å². The van der Waals surface area contributed by atoms with Gasteiger partial charge in [-0.05, 0) is 12.1 Å². The summed E-state index contributed by atoms with van der Waals surface area (Å²) in [6.45, 7) is 1.56. The Morgan fingerprint density at radius 3 is 3.12 bits per heavy atom. The van der Waals surface area contributed by atoms with Gasteiger partial charge in [-0.15, -0.1) is 11.3 Å². The summed E-state index contributed by atoms with van der Waals surface area (Å²) in [5.74, 6) is 0. The van der Waals surface area contributed by atoms with Gasteiger partial charge in [0.2, 0.25) is 0 Å². The molecule has 0 aliphatic heterocycles. The zero-order valence-electron chi connectivity index (χ0n) is 9.21. The van der Waals surface area contributed by atoms with Crippen LogP contribution in [0.1, 0.15) is 10.7 Å². The largest absolute Gasteiger partial charge is 0.307 e. The van der Waals surface area contributed by atoms with Gasteiger partial charge in [-0.1, -0.05) is 6.07 Å². The number of hydrogen-bond acceptors (Lipinski definition) is 4. The summed E-state index contributed by atoms with van der Waals surface area (Å²) in [4.78, 5) is 8.74. The molecular formula is C12H12N4S. The van der Waals surface area contributed by atoms with Crippen LogP contribution in [0.4, 0.5) is 0 Å². The van der Waals surface area contributed by atoms with Crippen molar-refractivity contribution in [2.75, 3.05) is 0 Å². The van der Waals surface area contributed by atoms with E-state index in [0.29, 0.717) is 0 Å². The number of nitrogens with zero attached hydrogens (tertiary/aromatic N) is 3. The Morgan fingerprint density at radius 1 is 1.29 bits per heavy atom. The van der Waals surface area contributed by atoms with Gasteiger partial charge in [-0.2, -0.15) is 0 Å². The van der Waals surface area contributed by atoms with E-state index in [1.54, 1.807) is 11.3 Å². The third-order valence-corrected chi connectivity index (χ3v) is 3.26. The highest BCUT2D eigenvalue weighted by Gasteiger charge is 2.00. The smallest absolute Gasteiger partial charge is 0.137 e. The van der Waals surface area contributed by atoms with Gasteiger partial charge < -0.3 is 9.72 Å². The van der Waals surface area contributed by atoms with E-state index in [1.807, 2.05) is 46.6 Å². The maximum Gasteiger partial charge on any atom is 0.137 e. The van der Waals surface area contributed by atoms with Crippen LogP contribution in [0.5, 0.6) is 0 Å². The fraction of sp³-hybridized carbons (Fsp3) is 0.167. The van der Waals surface area contributed by atoms with Crippen LogP contribution < -0.4 is 5.32 Å². The first-order chi connectivity index (χ1) is 8.42. The molecule has 0 fully saturated rings. The van der Waals surface area contributed by atoms with Crippen molar-refractivity contribution in [1.82, 2.24) is 19.7 Å². The molecule has 0 aliphatic carbocycles. The minimum Gasteiger partial charge on any atom is -0.307 e. The Kier molecular flexibility index (Phi) is 2.85. The van der Waals surface area contributed by atoms with Crippen LogP contribution in [0.3, 0.4) is 0 Å². The minimum absolute atomic E-state index is 0.765. The highest BCUT2D eigenvalue weighted by molar-refractivity contribution is 7.09. The van der Waals surface area contributed by atoms with Crippen molar-refractivity contribution in [1.29, 1.82) is 0 Å². The molecule has 17 heavy (non-hydrogen) atoms. The van der Waals surface area contributed by atoms with Gasteiger partial charge in [0.05, 0.1) is 5.69 Å². The van der Waals surface area contributed by atoms with Crippen LogP contribution in [0.25, 0.3) is 5.65 Å². The first-order valence-corrected chi connectivity index (χ1v) is 6.31. The van der Waals surface area contributed by atoms with Crippen LogP contribution in [0.2, 0.25) is 0 Å². The lowest BCUT2D eigenvalue weighted by molar-refractivity contribution is 0.679. The van der Waals surface area contributed by atoms with Crippen molar-refractivity contribution in [2.45, 2.75) is 13.1 Å². The molecular weight excluding hydrogens is 232 g/mol. The first-order valence-electron chi connectivity index (χ1n) is 5.43.